The van der Waals surface area contributed by atoms with E-state index in [-0.39, 0.29) is 11.1 Å². The van der Waals surface area contributed by atoms with Crippen molar-refractivity contribution in [2.75, 3.05) is 7.11 Å². The molecule has 4 nitrogen and oxygen atoms in total. The van der Waals surface area contributed by atoms with Crippen LogP contribution in [0.15, 0.2) is 35.0 Å². The van der Waals surface area contributed by atoms with Gasteiger partial charge in [0, 0.05) is 5.56 Å². The second-order valence-electron chi connectivity index (χ2n) is 3.54. The van der Waals surface area contributed by atoms with Crippen molar-refractivity contribution in [3.63, 3.8) is 0 Å². The number of rotatable bonds is 3. The second kappa shape index (κ2) is 5.01. The lowest BCUT2D eigenvalue weighted by Gasteiger charge is -2.09. The Kier molecular flexibility index (Phi) is 3.43. The number of benzene rings is 1. The topological polar surface area (TPSA) is 63.6 Å². The zero-order valence-electron chi connectivity index (χ0n) is 9.54. The Bertz CT molecular complexity index is 587. The number of hydrogen-bond acceptors (Lipinski definition) is 4. The molecule has 0 aliphatic carbocycles. The normalized spacial score (nSPS) is 10.1. The summed E-state index contributed by atoms with van der Waals surface area (Å²) < 4.78 is 4.68. The maximum atomic E-state index is 11.7. The fourth-order valence-corrected chi connectivity index (χ4v) is 2.38. The van der Waals surface area contributed by atoms with E-state index >= 15 is 0 Å². The van der Waals surface area contributed by atoms with E-state index < -0.39 is 11.9 Å². The molecule has 2 rings (SSSR count). The molecule has 92 valence electrons. The van der Waals surface area contributed by atoms with Crippen LogP contribution in [-0.2, 0) is 4.74 Å². The van der Waals surface area contributed by atoms with Crippen LogP contribution >= 0.6 is 11.3 Å². The summed E-state index contributed by atoms with van der Waals surface area (Å²) >= 11 is 1.44. The molecule has 0 saturated heterocycles. The van der Waals surface area contributed by atoms with Gasteiger partial charge in [-0.05, 0) is 34.5 Å². The highest BCUT2D eigenvalue weighted by Crippen LogP contribution is 2.30. The van der Waals surface area contributed by atoms with E-state index in [0.717, 1.165) is 0 Å². The smallest absolute Gasteiger partial charge is 0.338 e. The summed E-state index contributed by atoms with van der Waals surface area (Å²) in [6.45, 7) is 0. The number of thiophene rings is 1. The van der Waals surface area contributed by atoms with Gasteiger partial charge in [-0.15, -0.1) is 0 Å². The lowest BCUT2D eigenvalue weighted by molar-refractivity contribution is 0.0601. The first-order valence-corrected chi connectivity index (χ1v) is 6.06. The number of esters is 1. The Labute approximate surface area is 107 Å². The summed E-state index contributed by atoms with van der Waals surface area (Å²) in [6, 6.07) is 6.34. The number of aromatic carboxylic acids is 1. The number of hydrogen-bond donors (Lipinski definition) is 1. The van der Waals surface area contributed by atoms with Gasteiger partial charge in [0.25, 0.3) is 0 Å². The van der Waals surface area contributed by atoms with Gasteiger partial charge >= 0.3 is 11.9 Å². The largest absolute Gasteiger partial charge is 0.478 e. The van der Waals surface area contributed by atoms with Gasteiger partial charge in [-0.1, -0.05) is 6.07 Å². The van der Waals surface area contributed by atoms with Crippen LogP contribution in [-0.4, -0.2) is 24.2 Å². The molecule has 0 amide bonds. The number of methoxy groups -OCH3 is 1. The molecule has 0 spiro atoms. The Morgan fingerprint density at radius 3 is 2.50 bits per heavy atom. The van der Waals surface area contributed by atoms with Crippen molar-refractivity contribution in [2.24, 2.45) is 0 Å². The van der Waals surface area contributed by atoms with Crippen LogP contribution in [0, 0.1) is 0 Å². The van der Waals surface area contributed by atoms with E-state index in [0.29, 0.717) is 11.1 Å². The van der Waals surface area contributed by atoms with Crippen molar-refractivity contribution in [3.8, 4) is 11.1 Å². The molecule has 0 fully saturated rings. The lowest BCUT2D eigenvalue weighted by atomic mass is 9.96. The van der Waals surface area contributed by atoms with E-state index in [1.54, 1.807) is 17.5 Å². The van der Waals surface area contributed by atoms with Gasteiger partial charge in [-0.2, -0.15) is 11.3 Å². The van der Waals surface area contributed by atoms with Gasteiger partial charge in [-0.3, -0.25) is 0 Å². The molecule has 5 heteroatoms. The first kappa shape index (κ1) is 12.3. The van der Waals surface area contributed by atoms with Crippen LogP contribution in [0.1, 0.15) is 20.7 Å². The van der Waals surface area contributed by atoms with E-state index in [2.05, 4.69) is 4.74 Å². The van der Waals surface area contributed by atoms with Crippen LogP contribution in [0.4, 0.5) is 0 Å². The Morgan fingerprint density at radius 1 is 1.22 bits per heavy atom. The van der Waals surface area contributed by atoms with Gasteiger partial charge in [0.05, 0.1) is 18.2 Å². The maximum Gasteiger partial charge on any atom is 0.338 e. The highest BCUT2D eigenvalue weighted by molar-refractivity contribution is 7.08. The molecule has 0 bridgehead atoms. The monoisotopic (exact) mass is 262 g/mol. The minimum Gasteiger partial charge on any atom is -0.478 e. The van der Waals surface area contributed by atoms with E-state index in [1.165, 1.54) is 30.6 Å². The molecule has 2 aromatic rings. The number of carboxylic acid groups (broad SMARTS) is 1. The summed E-state index contributed by atoms with van der Waals surface area (Å²) in [5.74, 6) is -1.61. The highest BCUT2D eigenvalue weighted by atomic mass is 32.1. The number of carbonyl (C=O) groups is 2. The van der Waals surface area contributed by atoms with Crippen molar-refractivity contribution in [3.05, 3.63) is 46.2 Å². The first-order valence-electron chi connectivity index (χ1n) is 5.12. The van der Waals surface area contributed by atoms with Gasteiger partial charge in [0.15, 0.2) is 0 Å². The van der Waals surface area contributed by atoms with Crippen LogP contribution in [0.2, 0.25) is 0 Å². The molecule has 1 heterocycles. The standard InChI is InChI=1S/C13H10O4S/c1-17-13(16)10-4-2-3-9(12(14)15)11(10)8-5-6-18-7-8/h2-7H,1H3,(H,14,15). The molecule has 0 saturated carbocycles. The third-order valence-corrected chi connectivity index (χ3v) is 3.19. The molecular weight excluding hydrogens is 252 g/mol. The molecule has 0 unspecified atom stereocenters. The average Bonchev–Trinajstić information content (AvgIpc) is 2.90. The zero-order chi connectivity index (χ0) is 13.1. The number of ether oxygens (including phenoxy) is 1. The minimum absolute atomic E-state index is 0.0938. The quantitative estimate of drug-likeness (QED) is 0.864. The van der Waals surface area contributed by atoms with Crippen molar-refractivity contribution in [1.29, 1.82) is 0 Å². The minimum atomic E-state index is -1.07. The van der Waals surface area contributed by atoms with Crippen molar-refractivity contribution in [2.45, 2.75) is 0 Å². The van der Waals surface area contributed by atoms with Crippen LogP contribution < -0.4 is 0 Å². The fraction of sp³-hybridized carbons (Fsp3) is 0.0769. The lowest BCUT2D eigenvalue weighted by Crippen LogP contribution is -2.08. The highest BCUT2D eigenvalue weighted by Gasteiger charge is 2.20. The molecule has 1 aromatic heterocycles. The summed E-state index contributed by atoms with van der Waals surface area (Å²) in [5.41, 5.74) is 1.46. The van der Waals surface area contributed by atoms with E-state index in [9.17, 15) is 14.7 Å². The Balaban J connectivity index is 2.72. The van der Waals surface area contributed by atoms with Crippen molar-refractivity contribution in [1.82, 2.24) is 0 Å². The average molecular weight is 262 g/mol. The molecule has 0 aliphatic heterocycles. The number of carboxylic acids is 1. The third kappa shape index (κ3) is 2.12. The van der Waals surface area contributed by atoms with Gasteiger partial charge in [0.2, 0.25) is 0 Å². The molecule has 1 aromatic carbocycles. The van der Waals surface area contributed by atoms with Gasteiger partial charge in [-0.25, -0.2) is 9.59 Å². The Morgan fingerprint density at radius 2 is 1.94 bits per heavy atom. The molecule has 0 atom stereocenters. The predicted octanol–water partition coefficient (Wildman–Crippen LogP) is 2.90. The molecule has 0 aliphatic rings. The maximum absolute atomic E-state index is 11.7. The molecule has 0 radical (unpaired) electrons. The summed E-state index contributed by atoms with van der Waals surface area (Å²) in [4.78, 5) is 22.9. The predicted molar refractivity (Wildman–Crippen MR) is 68.1 cm³/mol. The molecule has 1 N–H and O–H groups in total. The molecule has 18 heavy (non-hydrogen) atoms. The SMILES string of the molecule is COC(=O)c1cccc(C(=O)O)c1-c1ccsc1. The summed E-state index contributed by atoms with van der Waals surface area (Å²) in [5, 5.41) is 12.8. The van der Waals surface area contributed by atoms with Crippen molar-refractivity contribution < 1.29 is 19.4 Å². The number of carbonyl (C=O) groups excluding carboxylic acids is 1. The van der Waals surface area contributed by atoms with Crippen LogP contribution in [0.3, 0.4) is 0 Å². The van der Waals surface area contributed by atoms with E-state index in [1.807, 2.05) is 5.38 Å². The van der Waals surface area contributed by atoms with Gasteiger partial charge < -0.3 is 9.84 Å². The third-order valence-electron chi connectivity index (χ3n) is 2.51. The second-order valence-corrected chi connectivity index (χ2v) is 4.32. The molecular formula is C13H10O4S. The van der Waals surface area contributed by atoms with Gasteiger partial charge in [0.1, 0.15) is 0 Å². The summed E-state index contributed by atoms with van der Waals surface area (Å²) in [7, 11) is 1.27. The Hall–Kier alpha value is -2.14. The first-order chi connectivity index (χ1) is 8.65. The zero-order valence-corrected chi connectivity index (χ0v) is 10.4. The van der Waals surface area contributed by atoms with Crippen LogP contribution in [0.5, 0.6) is 0 Å². The summed E-state index contributed by atoms with van der Waals surface area (Å²) in [6.07, 6.45) is 0. The van der Waals surface area contributed by atoms with E-state index in [4.69, 9.17) is 0 Å². The van der Waals surface area contributed by atoms with Crippen molar-refractivity contribution >= 4 is 23.3 Å². The van der Waals surface area contributed by atoms with Crippen LogP contribution in [0.25, 0.3) is 11.1 Å². The fourth-order valence-electron chi connectivity index (χ4n) is 1.73.